The Morgan fingerprint density at radius 2 is 1.96 bits per heavy atom. The minimum atomic E-state index is -5.08. The molecule has 3 aliphatic rings. The molecule has 2 atom stereocenters. The number of nitrogens with zero attached hydrogens (tertiary/aromatic N) is 2. The van der Waals surface area contributed by atoms with Crippen molar-refractivity contribution in [2.24, 2.45) is 5.92 Å². The second-order valence-corrected chi connectivity index (χ2v) is 7.80. The summed E-state index contributed by atoms with van der Waals surface area (Å²) in [4.78, 5) is 25.8. The van der Waals surface area contributed by atoms with Crippen LogP contribution in [0.5, 0.6) is 0 Å². The van der Waals surface area contributed by atoms with Crippen molar-refractivity contribution in [1.29, 1.82) is 0 Å². The smallest absolute Gasteiger partial charge is 0.475 e. The van der Waals surface area contributed by atoms with Crippen molar-refractivity contribution < 1.29 is 27.9 Å². The number of carbonyl (C=O) groups is 2. The largest absolute Gasteiger partial charge is 0.490 e. The van der Waals surface area contributed by atoms with E-state index in [2.05, 4.69) is 26.6 Å². The Bertz CT molecular complexity index is 646. The minimum Gasteiger partial charge on any atom is -0.475 e. The van der Waals surface area contributed by atoms with Crippen molar-refractivity contribution in [3.63, 3.8) is 0 Å². The van der Waals surface area contributed by atoms with Gasteiger partial charge >= 0.3 is 12.1 Å². The molecule has 2 saturated heterocycles. The van der Waals surface area contributed by atoms with Crippen molar-refractivity contribution in [3.05, 3.63) is 22.4 Å². The summed E-state index contributed by atoms with van der Waals surface area (Å²) in [6.45, 7) is 3.21. The van der Waals surface area contributed by atoms with Gasteiger partial charge in [-0.15, -0.1) is 0 Å². The van der Waals surface area contributed by atoms with Gasteiger partial charge in [0.05, 0.1) is 0 Å². The minimum absolute atomic E-state index is 0.400. The summed E-state index contributed by atoms with van der Waals surface area (Å²) in [5.74, 6) is -1.54. The monoisotopic (exact) mass is 390 g/mol. The molecule has 1 aliphatic carbocycles. The lowest BCUT2D eigenvalue weighted by Crippen LogP contribution is -2.38. The van der Waals surface area contributed by atoms with E-state index in [9.17, 15) is 18.0 Å². The molecule has 3 heterocycles. The molecule has 1 aromatic heterocycles. The first kappa shape index (κ1) is 19.2. The number of carboxylic acids is 1. The zero-order chi connectivity index (χ0) is 18.9. The zero-order valence-electron chi connectivity index (χ0n) is 14.1. The average molecular weight is 390 g/mol. The van der Waals surface area contributed by atoms with E-state index in [-0.39, 0.29) is 0 Å². The van der Waals surface area contributed by atoms with Gasteiger partial charge in [-0.05, 0) is 47.6 Å². The lowest BCUT2D eigenvalue weighted by Gasteiger charge is -2.25. The Labute approximate surface area is 153 Å². The van der Waals surface area contributed by atoms with E-state index in [0.717, 1.165) is 32.0 Å². The number of rotatable bonds is 4. The number of aliphatic carboxylic acids is 1. The SMILES string of the molecule is O=C(O)C(F)(F)F.O=C1C[C@H]2[C@H](CCN2Cc2ccsc2)N1CC1CC1. The Hall–Kier alpha value is -1.61. The molecule has 26 heavy (non-hydrogen) atoms. The zero-order valence-corrected chi connectivity index (χ0v) is 14.9. The van der Waals surface area contributed by atoms with Crippen LogP contribution in [-0.2, 0) is 16.1 Å². The standard InChI is InChI=1S/C15H20N2OS.C2HF3O2/c18-15-7-14-13(17(15)9-11-1-2-11)3-5-16(14)8-12-4-6-19-10-12;3-2(4,5)1(6)7/h4,6,10-11,13-14H,1-3,5,7-9H2;(H,6,7)/t13-,14-;/m0./s1. The van der Waals surface area contributed by atoms with Crippen LogP contribution in [0, 0.1) is 5.92 Å². The van der Waals surface area contributed by atoms with Gasteiger partial charge in [-0.1, -0.05) is 0 Å². The Kier molecular flexibility index (Phi) is 5.57. The van der Waals surface area contributed by atoms with E-state index in [1.165, 1.54) is 24.8 Å². The lowest BCUT2D eigenvalue weighted by atomic mass is 10.1. The van der Waals surface area contributed by atoms with Crippen LogP contribution in [0.4, 0.5) is 13.2 Å². The molecule has 3 fully saturated rings. The summed E-state index contributed by atoms with van der Waals surface area (Å²) in [5, 5.41) is 11.5. The van der Waals surface area contributed by atoms with Crippen LogP contribution >= 0.6 is 11.3 Å². The third-order valence-electron chi connectivity index (χ3n) is 5.09. The van der Waals surface area contributed by atoms with E-state index in [1.807, 2.05) is 0 Å². The molecular weight excluding hydrogens is 369 g/mol. The van der Waals surface area contributed by atoms with E-state index in [0.29, 0.717) is 18.0 Å². The van der Waals surface area contributed by atoms with Gasteiger partial charge in [0.2, 0.25) is 5.91 Å². The first-order valence-corrected chi connectivity index (χ1v) is 9.54. The van der Waals surface area contributed by atoms with Crippen molar-refractivity contribution in [2.45, 2.75) is 50.5 Å². The Balaban J connectivity index is 0.000000242. The molecule has 1 N–H and O–H groups in total. The maximum absolute atomic E-state index is 12.2. The van der Waals surface area contributed by atoms with Crippen LogP contribution in [0.3, 0.4) is 0 Å². The van der Waals surface area contributed by atoms with Gasteiger partial charge in [-0.3, -0.25) is 9.69 Å². The summed E-state index contributed by atoms with van der Waals surface area (Å²) >= 11 is 1.76. The highest BCUT2D eigenvalue weighted by molar-refractivity contribution is 7.07. The number of carbonyl (C=O) groups excluding carboxylic acids is 1. The van der Waals surface area contributed by atoms with E-state index in [1.54, 1.807) is 11.3 Å². The molecule has 1 amide bonds. The maximum Gasteiger partial charge on any atom is 0.490 e. The number of hydrogen-bond donors (Lipinski definition) is 1. The third kappa shape index (κ3) is 4.56. The van der Waals surface area contributed by atoms with Gasteiger partial charge in [0, 0.05) is 38.1 Å². The molecule has 144 valence electrons. The number of carboxylic acid groups (broad SMARTS) is 1. The Morgan fingerprint density at radius 3 is 2.50 bits per heavy atom. The third-order valence-corrected chi connectivity index (χ3v) is 5.82. The molecular formula is C17H21F3N2O3S. The van der Waals surface area contributed by atoms with Gasteiger partial charge in [0.25, 0.3) is 0 Å². The van der Waals surface area contributed by atoms with E-state index < -0.39 is 12.1 Å². The Morgan fingerprint density at radius 1 is 1.27 bits per heavy atom. The highest BCUT2D eigenvalue weighted by Crippen LogP contribution is 2.37. The highest BCUT2D eigenvalue weighted by atomic mass is 32.1. The number of amides is 1. The predicted molar refractivity (Wildman–Crippen MR) is 89.7 cm³/mol. The van der Waals surface area contributed by atoms with E-state index in [4.69, 9.17) is 9.90 Å². The molecule has 0 spiro atoms. The molecule has 1 saturated carbocycles. The van der Waals surface area contributed by atoms with Crippen LogP contribution in [0.1, 0.15) is 31.2 Å². The van der Waals surface area contributed by atoms with Gasteiger partial charge < -0.3 is 10.0 Å². The fourth-order valence-electron chi connectivity index (χ4n) is 3.64. The molecule has 2 aliphatic heterocycles. The van der Waals surface area contributed by atoms with Crippen molar-refractivity contribution >= 4 is 23.2 Å². The fraction of sp³-hybridized carbons (Fsp3) is 0.647. The van der Waals surface area contributed by atoms with Crippen LogP contribution in [0.15, 0.2) is 16.8 Å². The second kappa shape index (κ2) is 7.56. The molecule has 5 nitrogen and oxygen atoms in total. The molecule has 0 unspecified atom stereocenters. The summed E-state index contributed by atoms with van der Waals surface area (Å²) in [6, 6.07) is 3.19. The number of hydrogen-bond acceptors (Lipinski definition) is 4. The number of alkyl halides is 3. The quantitative estimate of drug-likeness (QED) is 0.859. The summed E-state index contributed by atoms with van der Waals surface area (Å²) in [6.07, 6.45) is -0.492. The molecule has 4 rings (SSSR count). The van der Waals surface area contributed by atoms with Crippen LogP contribution in [-0.4, -0.2) is 58.1 Å². The maximum atomic E-state index is 12.2. The summed E-state index contributed by atoms with van der Waals surface area (Å²) < 4.78 is 31.7. The summed E-state index contributed by atoms with van der Waals surface area (Å²) in [5.41, 5.74) is 1.40. The number of thiophene rings is 1. The first-order chi connectivity index (χ1) is 12.3. The topological polar surface area (TPSA) is 60.9 Å². The molecule has 9 heteroatoms. The number of halogens is 3. The predicted octanol–water partition coefficient (Wildman–Crippen LogP) is 2.97. The average Bonchev–Trinajstić information content (AvgIpc) is 2.94. The van der Waals surface area contributed by atoms with Gasteiger partial charge in [-0.25, -0.2) is 4.79 Å². The van der Waals surface area contributed by atoms with Crippen LogP contribution in [0.2, 0.25) is 0 Å². The molecule has 0 radical (unpaired) electrons. The fourth-order valence-corrected chi connectivity index (χ4v) is 4.30. The highest BCUT2D eigenvalue weighted by Gasteiger charge is 2.47. The lowest BCUT2D eigenvalue weighted by molar-refractivity contribution is -0.192. The first-order valence-electron chi connectivity index (χ1n) is 8.60. The molecule has 0 bridgehead atoms. The summed E-state index contributed by atoms with van der Waals surface area (Å²) in [7, 11) is 0. The van der Waals surface area contributed by atoms with Gasteiger partial charge in [0.15, 0.2) is 0 Å². The van der Waals surface area contributed by atoms with Crippen molar-refractivity contribution in [3.8, 4) is 0 Å². The van der Waals surface area contributed by atoms with Gasteiger partial charge in [-0.2, -0.15) is 24.5 Å². The second-order valence-electron chi connectivity index (χ2n) is 7.02. The molecule has 0 aromatic carbocycles. The van der Waals surface area contributed by atoms with Crippen LogP contribution in [0.25, 0.3) is 0 Å². The normalized spacial score (nSPS) is 25.8. The molecule has 1 aromatic rings. The van der Waals surface area contributed by atoms with Crippen LogP contribution < -0.4 is 0 Å². The van der Waals surface area contributed by atoms with Crippen molar-refractivity contribution in [1.82, 2.24) is 9.80 Å². The number of likely N-dealkylation sites (tertiary alicyclic amines) is 2. The van der Waals surface area contributed by atoms with E-state index >= 15 is 0 Å². The number of fused-ring (bicyclic) bond motifs is 1. The van der Waals surface area contributed by atoms with Gasteiger partial charge in [0.1, 0.15) is 0 Å². The van der Waals surface area contributed by atoms with Crippen molar-refractivity contribution in [2.75, 3.05) is 13.1 Å².